The van der Waals surface area contributed by atoms with Crippen LogP contribution in [0.3, 0.4) is 0 Å². The van der Waals surface area contributed by atoms with Gasteiger partial charge in [-0.3, -0.25) is 0 Å². The summed E-state index contributed by atoms with van der Waals surface area (Å²) in [6.07, 6.45) is 4.44. The lowest BCUT2D eigenvalue weighted by molar-refractivity contribution is 0.175. The van der Waals surface area contributed by atoms with Crippen molar-refractivity contribution in [2.75, 3.05) is 13.7 Å². The zero-order chi connectivity index (χ0) is 18.4. The number of amides is 2. The van der Waals surface area contributed by atoms with Crippen LogP contribution in [0.25, 0.3) is 0 Å². The lowest BCUT2D eigenvalue weighted by Crippen LogP contribution is -2.41. The summed E-state index contributed by atoms with van der Waals surface area (Å²) in [5.41, 5.74) is 3.52. The fraction of sp³-hybridized carbons (Fsp3) is 0.409. The van der Waals surface area contributed by atoms with Crippen LogP contribution >= 0.6 is 0 Å². The van der Waals surface area contributed by atoms with E-state index in [9.17, 15) is 4.79 Å². The zero-order valence-electron chi connectivity index (χ0n) is 15.7. The van der Waals surface area contributed by atoms with E-state index in [0.717, 1.165) is 37.1 Å². The van der Waals surface area contributed by atoms with Gasteiger partial charge in [0.15, 0.2) is 0 Å². The molecule has 0 saturated carbocycles. The van der Waals surface area contributed by atoms with Crippen LogP contribution in [0.2, 0.25) is 0 Å². The summed E-state index contributed by atoms with van der Waals surface area (Å²) in [5, 5.41) is 3.09. The Morgan fingerprint density at radius 1 is 1.15 bits per heavy atom. The number of carbonyl (C=O) groups excluding carboxylic acids is 1. The molecule has 1 N–H and O–H groups in total. The van der Waals surface area contributed by atoms with Crippen molar-refractivity contribution in [3.05, 3.63) is 65.2 Å². The predicted octanol–water partition coefficient (Wildman–Crippen LogP) is 4.83. The van der Waals surface area contributed by atoms with Crippen LogP contribution in [0.1, 0.15) is 48.4 Å². The molecule has 0 aliphatic carbocycles. The number of carbonyl (C=O) groups is 1. The molecule has 3 rings (SSSR count). The minimum Gasteiger partial charge on any atom is -0.497 e. The number of hydrogen-bond donors (Lipinski definition) is 1. The largest absolute Gasteiger partial charge is 0.497 e. The molecule has 2 aromatic carbocycles. The molecule has 0 radical (unpaired) electrons. The van der Waals surface area contributed by atoms with Crippen molar-refractivity contribution in [1.29, 1.82) is 0 Å². The van der Waals surface area contributed by atoms with E-state index in [0.29, 0.717) is 6.54 Å². The highest BCUT2D eigenvalue weighted by atomic mass is 16.5. The van der Waals surface area contributed by atoms with E-state index in [4.69, 9.17) is 4.74 Å². The van der Waals surface area contributed by atoms with Gasteiger partial charge in [0.25, 0.3) is 0 Å². The van der Waals surface area contributed by atoms with Gasteiger partial charge in [0.05, 0.1) is 13.2 Å². The molecular formula is C22H28N2O2. The Morgan fingerprint density at radius 2 is 1.96 bits per heavy atom. The molecular weight excluding hydrogens is 324 g/mol. The number of ether oxygens (including phenoxy) is 1. The number of hydrogen-bond acceptors (Lipinski definition) is 2. The number of nitrogens with zero attached hydrogens (tertiary/aromatic N) is 1. The highest BCUT2D eigenvalue weighted by Crippen LogP contribution is 2.30. The molecule has 4 heteroatoms. The molecule has 4 nitrogen and oxygen atoms in total. The Bertz CT molecular complexity index is 727. The Balaban J connectivity index is 1.70. The second kappa shape index (κ2) is 8.75. The van der Waals surface area contributed by atoms with Gasteiger partial charge in [-0.05, 0) is 43.0 Å². The second-order valence-corrected chi connectivity index (χ2v) is 6.98. The van der Waals surface area contributed by atoms with Gasteiger partial charge < -0.3 is 15.0 Å². The molecule has 1 aliphatic heterocycles. The quantitative estimate of drug-likeness (QED) is 0.856. The Kier molecular flexibility index (Phi) is 6.16. The smallest absolute Gasteiger partial charge is 0.318 e. The summed E-state index contributed by atoms with van der Waals surface area (Å²) in [7, 11) is 1.65. The number of methoxy groups -OCH3 is 1. The molecule has 1 saturated heterocycles. The maximum atomic E-state index is 12.9. The summed E-state index contributed by atoms with van der Waals surface area (Å²) in [6.45, 7) is 3.41. The average Bonchev–Trinajstić information content (AvgIpc) is 2.93. The Labute approximate surface area is 156 Å². The maximum Gasteiger partial charge on any atom is 0.318 e. The molecule has 0 aromatic heterocycles. The van der Waals surface area contributed by atoms with E-state index in [1.165, 1.54) is 17.5 Å². The van der Waals surface area contributed by atoms with Crippen LogP contribution in [-0.2, 0) is 6.54 Å². The minimum absolute atomic E-state index is 0.0142. The molecule has 2 amide bonds. The monoisotopic (exact) mass is 352 g/mol. The Morgan fingerprint density at radius 3 is 2.73 bits per heavy atom. The summed E-state index contributed by atoms with van der Waals surface area (Å²) >= 11 is 0. The van der Waals surface area contributed by atoms with E-state index in [1.54, 1.807) is 7.11 Å². The first-order valence-corrected chi connectivity index (χ1v) is 9.41. The summed E-state index contributed by atoms with van der Waals surface area (Å²) in [5.74, 6) is 0.809. The molecule has 0 bridgehead atoms. The van der Waals surface area contributed by atoms with Crippen LogP contribution in [-0.4, -0.2) is 24.6 Å². The number of nitrogens with one attached hydrogen (secondary N) is 1. The second-order valence-electron chi connectivity index (χ2n) is 6.98. The van der Waals surface area contributed by atoms with Crippen LogP contribution in [0.4, 0.5) is 4.79 Å². The number of rotatable bonds is 4. The molecule has 1 atom stereocenters. The first-order chi connectivity index (χ1) is 12.7. The van der Waals surface area contributed by atoms with Crippen LogP contribution in [0.5, 0.6) is 5.75 Å². The number of urea groups is 1. The van der Waals surface area contributed by atoms with Gasteiger partial charge >= 0.3 is 6.03 Å². The van der Waals surface area contributed by atoms with Crippen LogP contribution < -0.4 is 10.1 Å². The molecule has 0 unspecified atom stereocenters. The van der Waals surface area contributed by atoms with Gasteiger partial charge in [0.1, 0.15) is 5.75 Å². The molecule has 26 heavy (non-hydrogen) atoms. The molecule has 1 fully saturated rings. The molecule has 138 valence electrons. The van der Waals surface area contributed by atoms with Crippen molar-refractivity contribution >= 4 is 6.03 Å². The van der Waals surface area contributed by atoms with Gasteiger partial charge in [0.2, 0.25) is 0 Å². The van der Waals surface area contributed by atoms with E-state index in [2.05, 4.69) is 36.5 Å². The SMILES string of the molecule is COc1cccc(CNC(=O)N2CCCCC[C@H]2c2ccc(C)cc2)c1. The lowest BCUT2D eigenvalue weighted by atomic mass is 10.00. The number of aryl methyl sites for hydroxylation is 1. The normalized spacial score (nSPS) is 17.5. The predicted molar refractivity (Wildman–Crippen MR) is 104 cm³/mol. The van der Waals surface area contributed by atoms with Crippen LogP contribution in [0, 0.1) is 6.92 Å². The molecule has 0 spiro atoms. The lowest BCUT2D eigenvalue weighted by Gasteiger charge is -2.30. The third-order valence-electron chi connectivity index (χ3n) is 5.05. The van der Waals surface area contributed by atoms with Crippen LogP contribution in [0.15, 0.2) is 48.5 Å². The number of benzene rings is 2. The van der Waals surface area contributed by atoms with Crippen molar-refractivity contribution < 1.29 is 9.53 Å². The fourth-order valence-electron chi connectivity index (χ4n) is 3.55. The third kappa shape index (κ3) is 4.57. The van der Waals surface area contributed by atoms with E-state index >= 15 is 0 Å². The van der Waals surface area contributed by atoms with Gasteiger partial charge in [-0.25, -0.2) is 4.79 Å². The molecule has 2 aromatic rings. The average molecular weight is 352 g/mol. The molecule has 1 aliphatic rings. The van der Waals surface area contributed by atoms with Crippen molar-refractivity contribution in [2.45, 2.75) is 45.2 Å². The first-order valence-electron chi connectivity index (χ1n) is 9.41. The first kappa shape index (κ1) is 18.3. The minimum atomic E-state index is 0.0142. The van der Waals surface area contributed by atoms with Gasteiger partial charge in [0, 0.05) is 13.1 Å². The highest BCUT2D eigenvalue weighted by Gasteiger charge is 2.26. The van der Waals surface area contributed by atoms with Crippen molar-refractivity contribution in [1.82, 2.24) is 10.2 Å². The van der Waals surface area contributed by atoms with Crippen molar-refractivity contribution in [3.8, 4) is 5.75 Å². The fourth-order valence-corrected chi connectivity index (χ4v) is 3.55. The standard InChI is InChI=1S/C22H28N2O2/c1-17-10-12-19(13-11-17)21-9-4-3-5-14-24(21)22(25)23-16-18-7-6-8-20(15-18)26-2/h6-8,10-13,15,21H,3-5,9,14,16H2,1-2H3,(H,23,25)/t21-/m0/s1. The van der Waals surface area contributed by atoms with E-state index < -0.39 is 0 Å². The summed E-state index contributed by atoms with van der Waals surface area (Å²) < 4.78 is 5.26. The Hall–Kier alpha value is -2.49. The van der Waals surface area contributed by atoms with Gasteiger partial charge in [-0.1, -0.05) is 54.8 Å². The van der Waals surface area contributed by atoms with Gasteiger partial charge in [-0.2, -0.15) is 0 Å². The van der Waals surface area contributed by atoms with Crippen molar-refractivity contribution in [3.63, 3.8) is 0 Å². The van der Waals surface area contributed by atoms with Gasteiger partial charge in [-0.15, -0.1) is 0 Å². The van der Waals surface area contributed by atoms with E-state index in [-0.39, 0.29) is 12.1 Å². The maximum absolute atomic E-state index is 12.9. The summed E-state index contributed by atoms with van der Waals surface area (Å²) in [4.78, 5) is 14.9. The summed E-state index contributed by atoms with van der Waals surface area (Å²) in [6, 6.07) is 16.6. The van der Waals surface area contributed by atoms with Crippen molar-refractivity contribution in [2.24, 2.45) is 0 Å². The zero-order valence-corrected chi connectivity index (χ0v) is 15.7. The highest BCUT2D eigenvalue weighted by molar-refractivity contribution is 5.74. The number of likely N-dealkylation sites (tertiary alicyclic amines) is 1. The topological polar surface area (TPSA) is 41.6 Å². The molecule has 1 heterocycles. The third-order valence-corrected chi connectivity index (χ3v) is 5.05. The van der Waals surface area contributed by atoms with E-state index in [1.807, 2.05) is 29.2 Å².